The van der Waals surface area contributed by atoms with Crippen LogP contribution in [0.3, 0.4) is 0 Å². The van der Waals surface area contributed by atoms with Crippen LogP contribution >= 0.6 is 0 Å². The van der Waals surface area contributed by atoms with Crippen molar-refractivity contribution in [2.75, 3.05) is 6.61 Å². The van der Waals surface area contributed by atoms with E-state index in [1.807, 2.05) is 6.07 Å². The summed E-state index contributed by atoms with van der Waals surface area (Å²) < 4.78 is 30.0. The molecule has 0 N–H and O–H groups in total. The van der Waals surface area contributed by atoms with Gasteiger partial charge in [-0.25, -0.2) is 8.78 Å². The van der Waals surface area contributed by atoms with E-state index in [1.165, 1.54) is 0 Å². The number of hydrogen-bond donors (Lipinski definition) is 0. The van der Waals surface area contributed by atoms with Gasteiger partial charge in [0.05, 0.1) is 12.5 Å². The first-order valence-electron chi connectivity index (χ1n) is 3.68. The Kier molecular flexibility index (Phi) is 3.21. The summed E-state index contributed by atoms with van der Waals surface area (Å²) in [5.41, 5.74) is 0. The molecule has 0 aliphatic heterocycles. The zero-order valence-corrected chi connectivity index (χ0v) is 6.76. The van der Waals surface area contributed by atoms with Crippen LogP contribution in [0.25, 0.3) is 0 Å². The molecule has 4 heteroatoms. The molecule has 0 aromatic heterocycles. The number of nitrogens with zero attached hydrogens (tertiary/aromatic N) is 1. The zero-order chi connectivity index (χ0) is 9.68. The maximum absolute atomic E-state index is 12.6. The van der Waals surface area contributed by atoms with Gasteiger partial charge >= 0.3 is 0 Å². The molecule has 0 fully saturated rings. The highest BCUT2D eigenvalue weighted by atomic mass is 19.1. The second-order valence-electron chi connectivity index (χ2n) is 2.36. The second kappa shape index (κ2) is 4.41. The number of ether oxygens (including phenoxy) is 1. The van der Waals surface area contributed by atoms with E-state index in [4.69, 9.17) is 10.00 Å². The Morgan fingerprint density at radius 2 is 1.85 bits per heavy atom. The fourth-order valence-electron chi connectivity index (χ4n) is 0.826. The lowest BCUT2D eigenvalue weighted by molar-refractivity contribution is 0.322. The normalized spacial score (nSPS) is 9.31. The van der Waals surface area contributed by atoms with Crippen molar-refractivity contribution >= 4 is 0 Å². The Labute approximate surface area is 74.4 Å². The summed E-state index contributed by atoms with van der Waals surface area (Å²) in [4.78, 5) is 0. The Balaban J connectivity index is 2.62. The average molecular weight is 183 g/mol. The van der Waals surface area contributed by atoms with Crippen molar-refractivity contribution in [3.63, 3.8) is 0 Å². The maximum atomic E-state index is 12.6. The topological polar surface area (TPSA) is 33.0 Å². The minimum atomic E-state index is -0.688. The summed E-state index contributed by atoms with van der Waals surface area (Å²) in [5.74, 6) is -1.27. The first-order chi connectivity index (χ1) is 6.22. The molecule has 0 radical (unpaired) electrons. The van der Waals surface area contributed by atoms with E-state index in [1.54, 1.807) is 0 Å². The van der Waals surface area contributed by atoms with Crippen molar-refractivity contribution in [1.82, 2.24) is 0 Å². The largest absolute Gasteiger partial charge is 0.492 e. The van der Waals surface area contributed by atoms with Crippen molar-refractivity contribution in [2.45, 2.75) is 6.42 Å². The predicted molar refractivity (Wildman–Crippen MR) is 42.1 cm³/mol. The van der Waals surface area contributed by atoms with Gasteiger partial charge in [-0.05, 0) is 0 Å². The third-order valence-electron chi connectivity index (χ3n) is 1.32. The lowest BCUT2D eigenvalue weighted by Crippen LogP contribution is -1.96. The fraction of sp³-hybridized carbons (Fsp3) is 0.222. The summed E-state index contributed by atoms with van der Waals surface area (Å²) in [7, 11) is 0. The molecule has 0 unspecified atom stereocenters. The number of halogens is 2. The summed E-state index contributed by atoms with van der Waals surface area (Å²) in [5, 5.41) is 8.18. The van der Waals surface area contributed by atoms with Crippen LogP contribution < -0.4 is 4.74 Å². The molecule has 1 aromatic rings. The number of hydrogen-bond acceptors (Lipinski definition) is 2. The van der Waals surface area contributed by atoms with Crippen molar-refractivity contribution in [3.8, 4) is 11.8 Å². The van der Waals surface area contributed by atoms with E-state index >= 15 is 0 Å². The van der Waals surface area contributed by atoms with Gasteiger partial charge in [0.15, 0.2) is 0 Å². The highest BCUT2D eigenvalue weighted by molar-refractivity contribution is 5.23. The van der Waals surface area contributed by atoms with Crippen LogP contribution in [0.15, 0.2) is 18.2 Å². The quantitative estimate of drug-likeness (QED) is 0.673. The summed E-state index contributed by atoms with van der Waals surface area (Å²) >= 11 is 0. The highest BCUT2D eigenvalue weighted by Gasteiger charge is 2.00. The van der Waals surface area contributed by atoms with E-state index in [-0.39, 0.29) is 18.8 Å². The molecule has 2 nitrogen and oxygen atoms in total. The first kappa shape index (κ1) is 9.46. The van der Waals surface area contributed by atoms with Gasteiger partial charge in [0.1, 0.15) is 24.0 Å². The van der Waals surface area contributed by atoms with Crippen LogP contribution in [0.5, 0.6) is 5.75 Å². The minimum Gasteiger partial charge on any atom is -0.492 e. The maximum Gasteiger partial charge on any atom is 0.129 e. The van der Waals surface area contributed by atoms with Gasteiger partial charge in [0.25, 0.3) is 0 Å². The van der Waals surface area contributed by atoms with Crippen LogP contribution in [0.2, 0.25) is 0 Å². The molecular weight excluding hydrogens is 176 g/mol. The Bertz CT molecular complexity index is 313. The molecule has 68 valence electrons. The third kappa shape index (κ3) is 3.08. The summed E-state index contributed by atoms with van der Waals surface area (Å²) in [6.07, 6.45) is 0.193. The molecule has 0 spiro atoms. The molecule has 13 heavy (non-hydrogen) atoms. The average Bonchev–Trinajstić information content (AvgIpc) is 2.03. The summed E-state index contributed by atoms with van der Waals surface area (Å²) in [6.45, 7) is 0.138. The van der Waals surface area contributed by atoms with Gasteiger partial charge in [-0.3, -0.25) is 0 Å². The molecule has 0 atom stereocenters. The van der Waals surface area contributed by atoms with Crippen LogP contribution in [-0.2, 0) is 0 Å². The van der Waals surface area contributed by atoms with E-state index in [0.29, 0.717) is 0 Å². The molecule has 0 saturated heterocycles. The minimum absolute atomic E-state index is 0.104. The van der Waals surface area contributed by atoms with Crippen LogP contribution in [0, 0.1) is 23.0 Å². The number of benzene rings is 1. The van der Waals surface area contributed by atoms with E-state index in [0.717, 1.165) is 18.2 Å². The Morgan fingerprint density at radius 1 is 1.23 bits per heavy atom. The molecule has 1 aromatic carbocycles. The van der Waals surface area contributed by atoms with Crippen LogP contribution in [-0.4, -0.2) is 6.61 Å². The molecule has 0 heterocycles. The van der Waals surface area contributed by atoms with Crippen molar-refractivity contribution in [3.05, 3.63) is 29.8 Å². The standard InChI is InChI=1S/C9H7F2NO/c10-7-4-8(11)6-9(5-7)13-3-1-2-12/h4-6H,1,3H2. The zero-order valence-electron chi connectivity index (χ0n) is 6.76. The van der Waals surface area contributed by atoms with Gasteiger partial charge in [-0.1, -0.05) is 0 Å². The van der Waals surface area contributed by atoms with Crippen LogP contribution in [0.4, 0.5) is 8.78 Å². The number of nitriles is 1. The molecule has 0 bridgehead atoms. The molecular formula is C9H7F2NO. The van der Waals surface area contributed by atoms with Crippen LogP contribution in [0.1, 0.15) is 6.42 Å². The number of rotatable bonds is 3. The molecule has 0 aliphatic carbocycles. The lowest BCUT2D eigenvalue weighted by atomic mass is 10.3. The first-order valence-corrected chi connectivity index (χ1v) is 3.68. The fourth-order valence-corrected chi connectivity index (χ4v) is 0.826. The summed E-state index contributed by atoms with van der Waals surface area (Å²) in [6, 6.07) is 4.76. The van der Waals surface area contributed by atoms with Gasteiger partial charge in [-0.15, -0.1) is 0 Å². The van der Waals surface area contributed by atoms with Crippen molar-refractivity contribution in [2.24, 2.45) is 0 Å². The molecule has 1 rings (SSSR count). The van der Waals surface area contributed by atoms with Gasteiger partial charge < -0.3 is 4.74 Å². The van der Waals surface area contributed by atoms with Crippen molar-refractivity contribution in [1.29, 1.82) is 5.26 Å². The van der Waals surface area contributed by atoms with E-state index < -0.39 is 11.6 Å². The smallest absolute Gasteiger partial charge is 0.129 e. The SMILES string of the molecule is N#CCCOc1cc(F)cc(F)c1. The highest BCUT2D eigenvalue weighted by Crippen LogP contribution is 2.15. The molecule has 0 amide bonds. The van der Waals surface area contributed by atoms with Gasteiger partial charge in [0, 0.05) is 18.2 Å². The van der Waals surface area contributed by atoms with Crippen molar-refractivity contribution < 1.29 is 13.5 Å². The molecule has 0 saturated carbocycles. The monoisotopic (exact) mass is 183 g/mol. The molecule has 0 aliphatic rings. The third-order valence-corrected chi connectivity index (χ3v) is 1.32. The second-order valence-corrected chi connectivity index (χ2v) is 2.36. The Morgan fingerprint density at radius 3 is 2.38 bits per heavy atom. The van der Waals surface area contributed by atoms with Gasteiger partial charge in [0.2, 0.25) is 0 Å². The predicted octanol–water partition coefficient (Wildman–Crippen LogP) is 2.26. The lowest BCUT2D eigenvalue weighted by Gasteiger charge is -2.03. The Hall–Kier alpha value is -1.63. The van der Waals surface area contributed by atoms with E-state index in [9.17, 15) is 8.78 Å². The van der Waals surface area contributed by atoms with E-state index in [2.05, 4.69) is 0 Å². The van der Waals surface area contributed by atoms with Gasteiger partial charge in [-0.2, -0.15) is 5.26 Å².